The second kappa shape index (κ2) is 51.3. The van der Waals surface area contributed by atoms with Crippen LogP contribution in [-0.2, 0) is 109 Å². The summed E-state index contributed by atoms with van der Waals surface area (Å²) in [7, 11) is 2.86. The van der Waals surface area contributed by atoms with Gasteiger partial charge in [-0.25, -0.2) is 4.98 Å². The SMILES string of the molecule is CCCC[C@H]1C(=O)N(C)[C@@H](CCCC)C(=O)N[C@@H](CC(C)C)C(=O)NCCCCC(=O)N[C@@H](Cc2ccc(O)cc2)C(=O)N2CCCC[C@H]2C(=O)N[C@@H](CC(=O)O)C(=O)N2CCC[C@H]2C(=O)N[C@@H](Cc2c[nH]cn2)C(=O)N[C@@H](CCCCN)C(=O)N2C[C@H](O)C[C@H]2C(=O)C[C@@H](Cc2c[nH]c3ccccc23)C(=O)N[C@@H](CCCCN)C(=O)N[C@@H](Cc2cn(CC(=O)O)c3ccccc23)C(=O)N1C. The van der Waals surface area contributed by atoms with Crippen molar-refractivity contribution in [1.29, 1.82) is 0 Å². The van der Waals surface area contributed by atoms with E-state index in [1.54, 1.807) is 60.9 Å². The number of benzene rings is 3. The number of hydrogen-bond acceptors (Lipinski definition) is 21. The number of carbonyl (C=O) groups is 16. The summed E-state index contributed by atoms with van der Waals surface area (Å²) >= 11 is 0. The van der Waals surface area contributed by atoms with Crippen molar-refractivity contribution in [3.05, 3.63) is 120 Å². The van der Waals surface area contributed by atoms with Crippen LogP contribution in [0.3, 0.4) is 0 Å². The number of carboxylic acid groups (broad SMARTS) is 2. The number of aliphatic carboxylic acids is 2. The first-order chi connectivity index (χ1) is 65.2. The van der Waals surface area contributed by atoms with Gasteiger partial charge in [0.05, 0.1) is 30.6 Å². The van der Waals surface area contributed by atoms with Gasteiger partial charge in [-0.3, -0.25) is 76.7 Å². The van der Waals surface area contributed by atoms with Gasteiger partial charge < -0.3 is 113 Å². The molecule has 0 saturated carbocycles. The maximum Gasteiger partial charge on any atom is 0.323 e. The molecule has 136 heavy (non-hydrogen) atoms. The number of amides is 13. The van der Waals surface area contributed by atoms with Gasteiger partial charge in [-0.2, -0.15) is 0 Å². The first kappa shape index (κ1) is 105. The number of likely N-dealkylation sites (N-methyl/N-ethyl adjacent to an activating group) is 2. The fraction of sp³-hybridized carbons (Fsp3) is 0.577. The van der Waals surface area contributed by atoms with Gasteiger partial charge in [0.25, 0.3) is 0 Å². The molecule has 4 fully saturated rings. The molecule has 39 heteroatoms. The number of hydrogen-bond donors (Lipinski definition) is 16. The number of phenols is 1. The summed E-state index contributed by atoms with van der Waals surface area (Å²) < 4.78 is 1.49. The number of ketones is 1. The normalized spacial score (nSPS) is 24.8. The molecule has 740 valence electrons. The number of aromatic hydroxyl groups is 1. The molecule has 7 heterocycles. The number of nitrogens with zero attached hydrogens (tertiary/aromatic N) is 7. The molecule has 4 aliphatic heterocycles. The third kappa shape index (κ3) is 29.0. The fourth-order valence-electron chi connectivity index (χ4n) is 18.8. The number of carboxylic acids is 2. The molecule has 13 amide bonds. The molecule has 14 atom stereocenters. The van der Waals surface area contributed by atoms with Gasteiger partial charge in [0.2, 0.25) is 76.8 Å². The van der Waals surface area contributed by atoms with E-state index in [0.29, 0.717) is 89.9 Å². The lowest BCUT2D eigenvalue weighted by atomic mass is 9.90. The Hall–Kier alpha value is -12.7. The molecule has 18 N–H and O–H groups in total. The zero-order valence-corrected chi connectivity index (χ0v) is 78.8. The molecule has 3 aromatic carbocycles. The van der Waals surface area contributed by atoms with E-state index in [2.05, 4.69) is 57.5 Å². The summed E-state index contributed by atoms with van der Waals surface area (Å²) in [5.74, 6) is -15.1. The van der Waals surface area contributed by atoms with Crippen molar-refractivity contribution >= 4 is 116 Å². The molecule has 0 spiro atoms. The first-order valence-electron chi connectivity index (χ1n) is 48.0. The number of aromatic amines is 2. The van der Waals surface area contributed by atoms with E-state index in [0.717, 1.165) is 9.80 Å². The number of piperidine rings is 1. The third-order valence-corrected chi connectivity index (χ3v) is 26.1. The molecule has 6 aromatic rings. The number of fused-ring (bicyclic) bond motifs is 5. The Labute approximate surface area is 791 Å². The summed E-state index contributed by atoms with van der Waals surface area (Å²) in [6.45, 7) is 6.85. The minimum atomic E-state index is -1.82. The second-order valence-electron chi connectivity index (χ2n) is 36.8. The van der Waals surface area contributed by atoms with E-state index in [4.69, 9.17) is 11.5 Å². The summed E-state index contributed by atoms with van der Waals surface area (Å²) in [6, 6.07) is 3.01. The molecule has 4 saturated heterocycles. The lowest BCUT2D eigenvalue weighted by molar-refractivity contribution is -0.149. The number of unbranched alkanes of at least 4 members (excludes halogenated alkanes) is 4. The Balaban J connectivity index is 1.02. The molecule has 4 aliphatic rings. The molecular formula is C97H137N19O20. The van der Waals surface area contributed by atoms with Crippen LogP contribution in [0.2, 0.25) is 0 Å². The highest BCUT2D eigenvalue weighted by molar-refractivity contribution is 6.02. The monoisotopic (exact) mass is 1890 g/mol. The van der Waals surface area contributed by atoms with Crippen LogP contribution < -0.4 is 54.0 Å². The third-order valence-electron chi connectivity index (χ3n) is 26.1. The zero-order chi connectivity index (χ0) is 98.4. The molecule has 0 bridgehead atoms. The Morgan fingerprint density at radius 1 is 0.515 bits per heavy atom. The topological polar surface area (TPSA) is 568 Å². The van der Waals surface area contributed by atoms with Gasteiger partial charge in [0, 0.05) is 125 Å². The predicted octanol–water partition coefficient (Wildman–Crippen LogP) is 3.32. The smallest absolute Gasteiger partial charge is 0.323 e. The second-order valence-corrected chi connectivity index (χ2v) is 36.8. The lowest BCUT2D eigenvalue weighted by Crippen LogP contribution is -2.61. The van der Waals surface area contributed by atoms with Crippen molar-refractivity contribution in [2.75, 3.05) is 53.4 Å². The van der Waals surface area contributed by atoms with E-state index in [9.17, 15) is 44.4 Å². The molecular weight excluding hydrogens is 1750 g/mol. The zero-order valence-electron chi connectivity index (χ0n) is 78.8. The predicted molar refractivity (Wildman–Crippen MR) is 503 cm³/mol. The van der Waals surface area contributed by atoms with Crippen molar-refractivity contribution < 1.29 is 97.1 Å². The highest BCUT2D eigenvalue weighted by atomic mass is 16.4. The number of nitrogens with one attached hydrogen (secondary N) is 10. The number of rotatable bonds is 28. The quantitative estimate of drug-likeness (QED) is 0.0313. The van der Waals surface area contributed by atoms with E-state index in [-0.39, 0.29) is 166 Å². The van der Waals surface area contributed by atoms with Crippen LogP contribution in [0.15, 0.2) is 97.7 Å². The van der Waals surface area contributed by atoms with E-state index >= 15 is 52.7 Å². The molecule has 10 rings (SSSR count). The van der Waals surface area contributed by atoms with Gasteiger partial charge in [0.1, 0.15) is 78.8 Å². The van der Waals surface area contributed by atoms with Crippen LogP contribution in [0.25, 0.3) is 21.8 Å². The number of imidazole rings is 1. The minimum Gasteiger partial charge on any atom is -0.508 e. The minimum absolute atomic E-state index is 0.0000284. The van der Waals surface area contributed by atoms with Crippen molar-refractivity contribution in [3.8, 4) is 5.75 Å². The van der Waals surface area contributed by atoms with Gasteiger partial charge in [-0.15, -0.1) is 0 Å². The van der Waals surface area contributed by atoms with Crippen LogP contribution >= 0.6 is 0 Å². The lowest BCUT2D eigenvalue weighted by Gasteiger charge is -2.38. The highest BCUT2D eigenvalue weighted by Gasteiger charge is 2.47. The average molecular weight is 1890 g/mol. The van der Waals surface area contributed by atoms with Crippen molar-refractivity contribution in [2.24, 2.45) is 23.3 Å². The van der Waals surface area contributed by atoms with Crippen LogP contribution in [0.5, 0.6) is 5.75 Å². The van der Waals surface area contributed by atoms with Crippen molar-refractivity contribution in [2.45, 2.75) is 293 Å². The van der Waals surface area contributed by atoms with E-state index in [1.807, 2.05) is 39.8 Å². The number of Topliss-reactive ketones (excluding diaryl/α,β-unsaturated/α-hetero) is 1. The maximum atomic E-state index is 16.1. The maximum absolute atomic E-state index is 16.1. The van der Waals surface area contributed by atoms with Gasteiger partial charge in [0.15, 0.2) is 5.78 Å². The summed E-state index contributed by atoms with van der Waals surface area (Å²) in [4.78, 5) is 255. The number of phenolic OH excluding ortho intramolecular Hbond substituents is 1. The summed E-state index contributed by atoms with van der Waals surface area (Å²) in [5.41, 5.74) is 15.0. The Bertz CT molecular complexity index is 5140. The number of para-hydroxylation sites is 2. The van der Waals surface area contributed by atoms with Gasteiger partial charge in [-0.1, -0.05) is 102 Å². The molecule has 3 aromatic heterocycles. The van der Waals surface area contributed by atoms with E-state index in [1.165, 1.54) is 58.0 Å². The number of carbonyl (C=O) groups excluding carboxylic acids is 14. The largest absolute Gasteiger partial charge is 0.508 e. The molecule has 39 nitrogen and oxygen atoms in total. The standard InChI is InChI=1S/C97H137N19O20/c1-7-9-29-77-90(129)107-71(44-58(3)4)87(126)101-41-21-17-34-83(120)104-73(45-59-35-37-64(117)38-36-59)95(134)114-42-22-18-32-78(114)92(131)110-75(51-84(121)122)96(135)115-43-23-33-79(115)91(130)108-72(49-63-53-100-57-103-63)89(128)106-70(28-16-20-40-99)94(133)116-55-65(118)50-81(116)82(119)48-60(46-61-52-102-68-26-13-11-24-66(61)68)86(125)105-69(27-15-19-39-98)88(127)109-74(93(132)112(6)80(30-10-8-2)97(136)111(77)5)47-62-54-113(56-85(123)124)76-31-14-12-25-67(62)76/h11-14,24-26,31,35-38,52-54,57-58,60,65,69-75,77-81,102,117-118H,7-10,15-23,27-30,32-34,39-51,55-56,98-99H2,1-6H3,(H,100,103)(H,101,126)(H,104,120)(H,105,125)(H,106,128)(H,107,129)(H,108,130)(H,109,127)(H,110,131)(H,121,122)(H,123,124)/t60-,65-,69+,70+,71+,72+,73+,74+,75+,77+,78+,79+,80+,81+/m1/s1. The van der Waals surface area contributed by atoms with Crippen LogP contribution in [0.4, 0.5) is 0 Å². The Morgan fingerprint density at radius 2 is 1.10 bits per heavy atom. The molecule has 0 aliphatic carbocycles. The summed E-state index contributed by atoms with van der Waals surface area (Å²) in [5, 5.41) is 66.4. The van der Waals surface area contributed by atoms with Gasteiger partial charge >= 0.3 is 11.9 Å². The number of H-pyrrole nitrogens is 2. The molecule has 0 radical (unpaired) electrons. The summed E-state index contributed by atoms with van der Waals surface area (Å²) in [6.07, 6.45) is 6.55. The fourth-order valence-corrected chi connectivity index (χ4v) is 18.8. The van der Waals surface area contributed by atoms with Crippen LogP contribution in [-0.4, -0.2) is 291 Å². The number of aromatic nitrogens is 4. The first-order valence-corrected chi connectivity index (χ1v) is 48.0. The van der Waals surface area contributed by atoms with Crippen LogP contribution in [0.1, 0.15) is 204 Å². The number of aliphatic hydroxyl groups is 1. The average Bonchev–Trinajstić information content (AvgIpc) is 1.64. The highest BCUT2D eigenvalue weighted by Crippen LogP contribution is 2.32. The Kier molecular flexibility index (Phi) is 39.8. The number of aliphatic hydroxyl groups excluding tert-OH is 1. The Morgan fingerprint density at radius 3 is 1.76 bits per heavy atom. The van der Waals surface area contributed by atoms with Gasteiger partial charge in [-0.05, 0) is 169 Å². The van der Waals surface area contributed by atoms with Crippen molar-refractivity contribution in [1.82, 2.24) is 86.6 Å². The van der Waals surface area contributed by atoms with Crippen molar-refractivity contribution in [3.63, 3.8) is 0 Å². The molecule has 0 unspecified atom stereocenters. The number of nitrogens with two attached hydrogens (primary N) is 2. The van der Waals surface area contributed by atoms with Crippen LogP contribution in [0, 0.1) is 11.8 Å². The van der Waals surface area contributed by atoms with E-state index < -0.39 is 205 Å².